The molecule has 1 aromatic carbocycles. The van der Waals surface area contributed by atoms with E-state index in [1.807, 2.05) is 23.9 Å². The maximum atomic E-state index is 10.8. The van der Waals surface area contributed by atoms with Crippen LogP contribution in [0, 0.1) is 0 Å². The first kappa shape index (κ1) is 13.1. The Balaban J connectivity index is 2.36. The SMILES string of the molecule is CCCCCSCc1cccc(C(=O)O)c1. The monoisotopic (exact) mass is 238 g/mol. The normalized spacial score (nSPS) is 10.3. The molecule has 0 atom stereocenters. The van der Waals surface area contributed by atoms with Crippen molar-refractivity contribution in [2.45, 2.75) is 31.9 Å². The van der Waals surface area contributed by atoms with Crippen molar-refractivity contribution in [3.05, 3.63) is 35.4 Å². The van der Waals surface area contributed by atoms with Crippen molar-refractivity contribution in [2.75, 3.05) is 5.75 Å². The van der Waals surface area contributed by atoms with Crippen LogP contribution in [-0.4, -0.2) is 16.8 Å². The molecule has 0 unspecified atom stereocenters. The second-order valence-electron chi connectivity index (χ2n) is 3.77. The number of hydrogen-bond donors (Lipinski definition) is 1. The van der Waals surface area contributed by atoms with Crippen molar-refractivity contribution in [1.82, 2.24) is 0 Å². The lowest BCUT2D eigenvalue weighted by Gasteiger charge is -2.02. The highest BCUT2D eigenvalue weighted by Crippen LogP contribution is 2.15. The molecule has 2 nitrogen and oxygen atoms in total. The Kier molecular flexibility index (Phi) is 6.01. The first-order valence-corrected chi connectivity index (χ1v) is 6.79. The van der Waals surface area contributed by atoms with Gasteiger partial charge in [-0.15, -0.1) is 0 Å². The van der Waals surface area contributed by atoms with Crippen molar-refractivity contribution >= 4 is 17.7 Å². The molecule has 1 rings (SSSR count). The van der Waals surface area contributed by atoms with Crippen molar-refractivity contribution in [2.24, 2.45) is 0 Å². The zero-order valence-corrected chi connectivity index (χ0v) is 10.4. The van der Waals surface area contributed by atoms with Crippen LogP contribution in [-0.2, 0) is 5.75 Å². The van der Waals surface area contributed by atoms with Crippen LogP contribution < -0.4 is 0 Å². The lowest BCUT2D eigenvalue weighted by Crippen LogP contribution is -1.96. The fourth-order valence-corrected chi connectivity index (χ4v) is 2.41. The van der Waals surface area contributed by atoms with Gasteiger partial charge in [0.2, 0.25) is 0 Å². The van der Waals surface area contributed by atoms with E-state index >= 15 is 0 Å². The molecule has 0 aliphatic rings. The Morgan fingerprint density at radius 1 is 1.38 bits per heavy atom. The maximum absolute atomic E-state index is 10.8. The van der Waals surface area contributed by atoms with E-state index in [0.717, 1.165) is 17.1 Å². The van der Waals surface area contributed by atoms with Gasteiger partial charge in [0.1, 0.15) is 0 Å². The lowest BCUT2D eigenvalue weighted by molar-refractivity contribution is 0.0697. The van der Waals surface area contributed by atoms with Gasteiger partial charge in [0.25, 0.3) is 0 Å². The Bertz CT molecular complexity index is 336. The van der Waals surface area contributed by atoms with Crippen LogP contribution in [0.15, 0.2) is 24.3 Å². The first-order valence-electron chi connectivity index (χ1n) is 5.64. The lowest BCUT2D eigenvalue weighted by atomic mass is 10.1. The molecule has 16 heavy (non-hydrogen) atoms. The number of benzene rings is 1. The summed E-state index contributed by atoms with van der Waals surface area (Å²) in [7, 11) is 0. The molecule has 0 spiro atoms. The molecular formula is C13H18O2S. The van der Waals surface area contributed by atoms with Gasteiger partial charge in [-0.1, -0.05) is 31.9 Å². The molecule has 0 saturated heterocycles. The Hall–Kier alpha value is -0.960. The average Bonchev–Trinajstić information content (AvgIpc) is 2.29. The quantitative estimate of drug-likeness (QED) is 0.734. The summed E-state index contributed by atoms with van der Waals surface area (Å²) in [5.74, 6) is 1.22. The summed E-state index contributed by atoms with van der Waals surface area (Å²) >= 11 is 1.87. The number of carbonyl (C=O) groups is 1. The van der Waals surface area contributed by atoms with Crippen LogP contribution in [0.5, 0.6) is 0 Å². The van der Waals surface area contributed by atoms with Gasteiger partial charge >= 0.3 is 5.97 Å². The van der Waals surface area contributed by atoms with Crippen LogP contribution in [0.25, 0.3) is 0 Å². The largest absolute Gasteiger partial charge is 0.478 e. The maximum Gasteiger partial charge on any atom is 0.335 e. The van der Waals surface area contributed by atoms with E-state index in [-0.39, 0.29) is 0 Å². The number of aromatic carboxylic acids is 1. The summed E-state index contributed by atoms with van der Waals surface area (Å²) in [5.41, 5.74) is 1.48. The molecule has 0 fully saturated rings. The Morgan fingerprint density at radius 2 is 2.19 bits per heavy atom. The highest BCUT2D eigenvalue weighted by molar-refractivity contribution is 7.98. The molecule has 1 aromatic rings. The molecular weight excluding hydrogens is 220 g/mol. The number of carboxylic acids is 1. The molecule has 0 heterocycles. The summed E-state index contributed by atoms with van der Waals surface area (Å²) in [6.45, 7) is 2.20. The number of hydrogen-bond acceptors (Lipinski definition) is 2. The molecule has 0 saturated carbocycles. The van der Waals surface area contributed by atoms with E-state index < -0.39 is 5.97 Å². The first-order chi connectivity index (χ1) is 7.74. The van der Waals surface area contributed by atoms with E-state index in [4.69, 9.17) is 5.11 Å². The van der Waals surface area contributed by atoms with Crippen molar-refractivity contribution < 1.29 is 9.90 Å². The summed E-state index contributed by atoms with van der Waals surface area (Å²) in [4.78, 5) is 10.8. The van der Waals surface area contributed by atoms with Gasteiger partial charge in [-0.2, -0.15) is 11.8 Å². The van der Waals surface area contributed by atoms with Crippen LogP contribution in [0.2, 0.25) is 0 Å². The Labute approximate surface area is 101 Å². The van der Waals surface area contributed by atoms with E-state index in [1.165, 1.54) is 19.3 Å². The van der Waals surface area contributed by atoms with Crippen molar-refractivity contribution in [3.63, 3.8) is 0 Å². The summed E-state index contributed by atoms with van der Waals surface area (Å²) in [6, 6.07) is 7.19. The molecule has 0 aliphatic heterocycles. The molecule has 1 N–H and O–H groups in total. The van der Waals surface area contributed by atoms with Gasteiger partial charge in [-0.3, -0.25) is 0 Å². The minimum atomic E-state index is -0.849. The molecule has 0 aromatic heterocycles. The van der Waals surface area contributed by atoms with E-state index in [9.17, 15) is 4.79 Å². The molecule has 3 heteroatoms. The zero-order valence-electron chi connectivity index (χ0n) is 9.61. The molecule has 88 valence electrons. The predicted molar refractivity (Wildman–Crippen MR) is 69.1 cm³/mol. The Morgan fingerprint density at radius 3 is 2.88 bits per heavy atom. The van der Waals surface area contributed by atoms with Gasteiger partial charge in [0.05, 0.1) is 5.56 Å². The highest BCUT2D eigenvalue weighted by Gasteiger charge is 2.02. The second-order valence-corrected chi connectivity index (χ2v) is 4.87. The van der Waals surface area contributed by atoms with E-state index in [0.29, 0.717) is 5.56 Å². The average molecular weight is 238 g/mol. The van der Waals surface area contributed by atoms with Gasteiger partial charge < -0.3 is 5.11 Å². The fourth-order valence-electron chi connectivity index (χ4n) is 1.44. The summed E-state index contributed by atoms with van der Waals surface area (Å²) in [5, 5.41) is 8.84. The molecule has 0 amide bonds. The molecule has 0 radical (unpaired) electrons. The highest BCUT2D eigenvalue weighted by atomic mass is 32.2. The minimum absolute atomic E-state index is 0.381. The third kappa shape index (κ3) is 4.71. The number of thioether (sulfide) groups is 1. The molecule has 0 aliphatic carbocycles. The second kappa shape index (κ2) is 7.34. The van der Waals surface area contributed by atoms with Crippen molar-refractivity contribution in [1.29, 1.82) is 0 Å². The van der Waals surface area contributed by atoms with Gasteiger partial charge in [-0.05, 0) is 29.9 Å². The number of unbranched alkanes of at least 4 members (excludes halogenated alkanes) is 2. The fraction of sp³-hybridized carbons (Fsp3) is 0.462. The number of rotatable bonds is 7. The van der Waals surface area contributed by atoms with E-state index in [1.54, 1.807) is 12.1 Å². The topological polar surface area (TPSA) is 37.3 Å². The molecule has 0 bridgehead atoms. The van der Waals surface area contributed by atoms with E-state index in [2.05, 4.69) is 6.92 Å². The third-order valence-corrected chi connectivity index (χ3v) is 3.45. The van der Waals surface area contributed by atoms with Gasteiger partial charge in [0, 0.05) is 5.75 Å². The number of carboxylic acid groups (broad SMARTS) is 1. The smallest absolute Gasteiger partial charge is 0.335 e. The zero-order chi connectivity index (χ0) is 11.8. The summed E-state index contributed by atoms with van der Waals surface area (Å²) in [6.07, 6.45) is 3.77. The van der Waals surface area contributed by atoms with Crippen LogP contribution in [0.4, 0.5) is 0 Å². The van der Waals surface area contributed by atoms with Gasteiger partial charge in [-0.25, -0.2) is 4.79 Å². The van der Waals surface area contributed by atoms with Crippen LogP contribution >= 0.6 is 11.8 Å². The van der Waals surface area contributed by atoms with Crippen LogP contribution in [0.3, 0.4) is 0 Å². The summed E-state index contributed by atoms with van der Waals surface area (Å²) < 4.78 is 0. The van der Waals surface area contributed by atoms with Crippen LogP contribution in [0.1, 0.15) is 42.1 Å². The minimum Gasteiger partial charge on any atom is -0.478 e. The van der Waals surface area contributed by atoms with Gasteiger partial charge in [0.15, 0.2) is 0 Å². The van der Waals surface area contributed by atoms with Crippen molar-refractivity contribution in [3.8, 4) is 0 Å². The standard InChI is InChI=1S/C13H18O2S/c1-2-3-4-8-16-10-11-6-5-7-12(9-11)13(14)15/h5-7,9H,2-4,8,10H2,1H3,(H,14,15). The predicted octanol–water partition coefficient (Wildman–Crippen LogP) is 3.81. The third-order valence-electron chi connectivity index (χ3n) is 2.33.